The number of benzene rings is 6. The molecule has 0 saturated carbocycles. The molecule has 6 aromatic rings. The highest BCUT2D eigenvalue weighted by Gasteiger charge is 2.43. The molecule has 0 aliphatic carbocycles. The zero-order chi connectivity index (χ0) is 36.6. The molecule has 0 N–H and O–H groups in total. The molecule has 266 valence electrons. The first-order chi connectivity index (χ1) is 25.4. The fraction of sp³-hybridized carbons (Fsp3) is 0.163. The van der Waals surface area contributed by atoms with Crippen LogP contribution in [-0.2, 0) is 26.6 Å². The van der Waals surface area contributed by atoms with Crippen molar-refractivity contribution < 1.29 is 26.6 Å². The number of rotatable bonds is 15. The summed E-state index contributed by atoms with van der Waals surface area (Å²) in [6.45, 7) is 0. The van der Waals surface area contributed by atoms with Gasteiger partial charge in [0, 0.05) is 48.6 Å². The topological polar surface area (TPSA) is 55.4 Å². The summed E-state index contributed by atoms with van der Waals surface area (Å²) in [6, 6.07) is 56.8. The Hall–Kier alpha value is -4.27. The summed E-state index contributed by atoms with van der Waals surface area (Å²) in [6.07, 6.45) is 0. The van der Waals surface area contributed by atoms with Crippen molar-refractivity contribution in [2.45, 2.75) is 5.92 Å². The van der Waals surface area contributed by atoms with E-state index in [1.54, 1.807) is 42.7 Å². The SMILES string of the molecule is CO[Si](OC)(c1ccccc1)c1ccc(C(c2ccc([Si](OC)(OC)c3ccccc3)cc2)c2ccc([Si](OC)(OC)c3ccccc3)cc2)cc1. The predicted octanol–water partition coefficient (Wildman–Crippen LogP) is 4.41. The molecule has 6 rings (SSSR count). The normalized spacial score (nSPS) is 12.3. The summed E-state index contributed by atoms with van der Waals surface area (Å²) in [5, 5.41) is 6.28. The third-order valence-electron chi connectivity index (χ3n) is 10.1. The summed E-state index contributed by atoms with van der Waals surface area (Å²) in [5.41, 5.74) is 3.42. The van der Waals surface area contributed by atoms with Crippen LogP contribution in [0.2, 0.25) is 0 Å². The highest BCUT2D eigenvalue weighted by Crippen LogP contribution is 2.32. The van der Waals surface area contributed by atoms with Gasteiger partial charge in [0.15, 0.2) is 0 Å². The Labute approximate surface area is 311 Å². The van der Waals surface area contributed by atoms with Crippen molar-refractivity contribution in [1.82, 2.24) is 0 Å². The molecule has 0 amide bonds. The van der Waals surface area contributed by atoms with Crippen molar-refractivity contribution in [3.63, 3.8) is 0 Å². The van der Waals surface area contributed by atoms with E-state index in [2.05, 4.69) is 109 Å². The van der Waals surface area contributed by atoms with E-state index in [0.717, 1.165) is 47.8 Å². The van der Waals surface area contributed by atoms with Crippen LogP contribution in [0.15, 0.2) is 164 Å². The van der Waals surface area contributed by atoms with E-state index in [1.165, 1.54) is 0 Å². The Balaban J connectivity index is 1.45. The van der Waals surface area contributed by atoms with E-state index in [-0.39, 0.29) is 5.92 Å². The Morgan fingerprint density at radius 3 is 0.654 bits per heavy atom. The third-order valence-corrected chi connectivity index (χ3v) is 20.1. The monoisotopic (exact) mass is 742 g/mol. The second-order valence-electron chi connectivity index (χ2n) is 12.5. The summed E-state index contributed by atoms with van der Waals surface area (Å²) in [4.78, 5) is 0. The minimum absolute atomic E-state index is 0.0780. The molecule has 0 radical (unpaired) electrons. The van der Waals surface area contributed by atoms with E-state index in [0.29, 0.717) is 0 Å². The maximum absolute atomic E-state index is 6.21. The van der Waals surface area contributed by atoms with Crippen LogP contribution in [0.5, 0.6) is 0 Å². The van der Waals surface area contributed by atoms with E-state index >= 15 is 0 Å². The van der Waals surface area contributed by atoms with Crippen molar-refractivity contribution in [2.75, 3.05) is 42.7 Å². The molecule has 6 aromatic carbocycles. The Morgan fingerprint density at radius 2 is 0.462 bits per heavy atom. The van der Waals surface area contributed by atoms with Gasteiger partial charge in [-0.25, -0.2) is 0 Å². The van der Waals surface area contributed by atoms with Gasteiger partial charge < -0.3 is 26.6 Å². The van der Waals surface area contributed by atoms with E-state index in [9.17, 15) is 0 Å². The maximum atomic E-state index is 6.21. The molecule has 0 heterocycles. The number of hydrogen-bond acceptors (Lipinski definition) is 6. The standard InChI is InChI=1S/C43H46O6Si3/c1-44-50(45-2,37-16-10-7-11-17-37)40-28-22-34(23-29-40)43(35-24-30-41(31-25-35)51(46-3,47-4)38-18-12-8-13-19-38)36-26-32-42(33-27-36)52(48-5,49-6)39-20-14-9-15-21-39/h7-33,43H,1-6H3. The first-order valence-corrected chi connectivity index (χ1v) is 22.7. The fourth-order valence-electron chi connectivity index (χ4n) is 7.40. The van der Waals surface area contributed by atoms with Crippen LogP contribution in [0.3, 0.4) is 0 Å². The molecule has 0 bridgehead atoms. The fourth-order valence-corrected chi connectivity index (χ4v) is 15.4. The van der Waals surface area contributed by atoms with E-state index in [4.69, 9.17) is 26.6 Å². The van der Waals surface area contributed by atoms with Crippen LogP contribution in [0.25, 0.3) is 0 Å². The maximum Gasteiger partial charge on any atom is 0.406 e. The van der Waals surface area contributed by atoms with E-state index < -0.39 is 25.7 Å². The van der Waals surface area contributed by atoms with Gasteiger partial charge in [-0.3, -0.25) is 0 Å². The van der Waals surface area contributed by atoms with Gasteiger partial charge >= 0.3 is 25.7 Å². The molecule has 0 aliphatic rings. The highest BCUT2D eigenvalue weighted by molar-refractivity contribution is 6.93. The minimum atomic E-state index is -2.90. The predicted molar refractivity (Wildman–Crippen MR) is 217 cm³/mol. The molecule has 52 heavy (non-hydrogen) atoms. The smallest absolute Gasteiger partial charge is 0.391 e. The third kappa shape index (κ3) is 6.83. The zero-order valence-corrected chi connectivity index (χ0v) is 33.6. The van der Waals surface area contributed by atoms with Crippen molar-refractivity contribution >= 4 is 56.8 Å². The van der Waals surface area contributed by atoms with Gasteiger partial charge in [0.1, 0.15) is 0 Å². The molecule has 9 heteroatoms. The van der Waals surface area contributed by atoms with Crippen molar-refractivity contribution in [1.29, 1.82) is 0 Å². The lowest BCUT2D eigenvalue weighted by molar-refractivity contribution is 0.272. The van der Waals surface area contributed by atoms with Crippen LogP contribution in [0.4, 0.5) is 0 Å². The van der Waals surface area contributed by atoms with Gasteiger partial charge in [-0.2, -0.15) is 0 Å². The lowest BCUT2D eigenvalue weighted by atomic mass is 9.85. The molecular formula is C43H46O6Si3. The Kier molecular flexibility index (Phi) is 12.0. The Morgan fingerprint density at radius 1 is 0.269 bits per heavy atom. The molecule has 0 aliphatic heterocycles. The second kappa shape index (κ2) is 16.6. The quantitative estimate of drug-likeness (QED) is 0.115. The molecule has 0 saturated heterocycles. The number of hydrogen-bond donors (Lipinski definition) is 0. The largest absolute Gasteiger partial charge is 0.406 e. The van der Waals surface area contributed by atoms with Crippen molar-refractivity contribution in [3.05, 3.63) is 180 Å². The molecule has 6 nitrogen and oxygen atoms in total. The lowest BCUT2D eigenvalue weighted by Gasteiger charge is -2.30. The van der Waals surface area contributed by atoms with Crippen LogP contribution in [0, 0.1) is 0 Å². The van der Waals surface area contributed by atoms with Crippen LogP contribution >= 0.6 is 0 Å². The summed E-state index contributed by atoms with van der Waals surface area (Å²) in [5.74, 6) is -0.0780. The summed E-state index contributed by atoms with van der Waals surface area (Å²) >= 11 is 0. The zero-order valence-electron chi connectivity index (χ0n) is 30.6. The Bertz CT molecular complexity index is 1750. The average Bonchev–Trinajstić information content (AvgIpc) is 3.23. The van der Waals surface area contributed by atoms with Crippen molar-refractivity contribution in [3.8, 4) is 0 Å². The van der Waals surface area contributed by atoms with Crippen LogP contribution < -0.4 is 31.1 Å². The first-order valence-electron chi connectivity index (χ1n) is 17.2. The minimum Gasteiger partial charge on any atom is -0.391 e. The van der Waals surface area contributed by atoms with Gasteiger partial charge in [0.05, 0.1) is 0 Å². The molecule has 0 unspecified atom stereocenters. The van der Waals surface area contributed by atoms with Gasteiger partial charge in [-0.1, -0.05) is 164 Å². The van der Waals surface area contributed by atoms with E-state index in [1.807, 2.05) is 54.6 Å². The van der Waals surface area contributed by atoms with Crippen LogP contribution in [-0.4, -0.2) is 68.3 Å². The summed E-state index contributed by atoms with van der Waals surface area (Å²) < 4.78 is 37.3. The van der Waals surface area contributed by atoms with Gasteiger partial charge in [-0.05, 0) is 47.8 Å². The van der Waals surface area contributed by atoms with Gasteiger partial charge in [-0.15, -0.1) is 0 Å². The van der Waals surface area contributed by atoms with Crippen molar-refractivity contribution in [2.24, 2.45) is 0 Å². The second-order valence-corrected chi connectivity index (χ2v) is 22.1. The van der Waals surface area contributed by atoms with Gasteiger partial charge in [0.25, 0.3) is 0 Å². The molecule has 0 aromatic heterocycles. The summed E-state index contributed by atoms with van der Waals surface area (Å²) in [7, 11) is 1.73. The molecule has 0 atom stereocenters. The molecule has 0 spiro atoms. The average molecular weight is 743 g/mol. The lowest BCUT2D eigenvalue weighted by Crippen LogP contribution is -2.62. The highest BCUT2D eigenvalue weighted by atomic mass is 28.4. The molecular weight excluding hydrogens is 697 g/mol. The van der Waals surface area contributed by atoms with Crippen LogP contribution in [0.1, 0.15) is 22.6 Å². The van der Waals surface area contributed by atoms with Gasteiger partial charge in [0.2, 0.25) is 0 Å². The first kappa shape index (κ1) is 37.5. The molecule has 0 fully saturated rings.